The number of rotatable bonds is 9. The lowest BCUT2D eigenvalue weighted by atomic mass is 10.1. The first-order valence-electron chi connectivity index (χ1n) is 12.5. The van der Waals surface area contributed by atoms with E-state index in [0.29, 0.717) is 44.0 Å². The van der Waals surface area contributed by atoms with Crippen molar-refractivity contribution in [2.75, 3.05) is 58.4 Å². The second-order valence-corrected chi connectivity index (χ2v) is 8.83. The Morgan fingerprint density at radius 1 is 0.838 bits per heavy atom. The summed E-state index contributed by atoms with van der Waals surface area (Å²) in [7, 11) is 3.23. The van der Waals surface area contributed by atoms with Crippen molar-refractivity contribution in [2.45, 2.75) is 13.3 Å². The summed E-state index contributed by atoms with van der Waals surface area (Å²) in [6.45, 7) is 5.03. The molecule has 1 fully saturated rings. The normalized spacial score (nSPS) is 13.3. The van der Waals surface area contributed by atoms with Gasteiger partial charge in [-0.05, 0) is 67.1 Å². The SMILES string of the molecule is CCCN(CC(=O)N1CCN(c2ccc(-c3ccc(OC)cc3)nn2)CC1)C(=O)c1ccc(OC)cc1. The maximum Gasteiger partial charge on any atom is 0.254 e. The Kier molecular flexibility index (Phi) is 8.56. The maximum absolute atomic E-state index is 13.1. The zero-order valence-corrected chi connectivity index (χ0v) is 21.6. The van der Waals surface area contributed by atoms with E-state index in [1.54, 1.807) is 43.4 Å². The first-order valence-corrected chi connectivity index (χ1v) is 12.5. The van der Waals surface area contributed by atoms with Crippen LogP contribution in [0.15, 0.2) is 60.7 Å². The largest absolute Gasteiger partial charge is 0.497 e. The van der Waals surface area contributed by atoms with Crippen molar-refractivity contribution >= 4 is 17.6 Å². The highest BCUT2D eigenvalue weighted by molar-refractivity contribution is 5.96. The average molecular weight is 504 g/mol. The van der Waals surface area contributed by atoms with Gasteiger partial charge in [0.1, 0.15) is 18.0 Å². The molecule has 9 heteroatoms. The summed E-state index contributed by atoms with van der Waals surface area (Å²) >= 11 is 0. The quantitative estimate of drug-likeness (QED) is 0.442. The third kappa shape index (κ3) is 6.35. The van der Waals surface area contributed by atoms with E-state index >= 15 is 0 Å². The minimum atomic E-state index is -0.149. The number of hydrogen-bond donors (Lipinski definition) is 0. The second kappa shape index (κ2) is 12.2. The Morgan fingerprint density at radius 3 is 2.00 bits per heavy atom. The summed E-state index contributed by atoms with van der Waals surface area (Å²) in [6, 6.07) is 18.6. The van der Waals surface area contributed by atoms with Gasteiger partial charge in [0.05, 0.1) is 19.9 Å². The molecule has 194 valence electrons. The van der Waals surface area contributed by atoms with Crippen LogP contribution in [0.4, 0.5) is 5.82 Å². The van der Waals surface area contributed by atoms with E-state index in [9.17, 15) is 9.59 Å². The zero-order valence-electron chi connectivity index (χ0n) is 21.6. The van der Waals surface area contributed by atoms with Gasteiger partial charge < -0.3 is 24.2 Å². The number of aromatic nitrogens is 2. The second-order valence-electron chi connectivity index (χ2n) is 8.83. The monoisotopic (exact) mass is 503 g/mol. The third-order valence-electron chi connectivity index (χ3n) is 6.44. The van der Waals surface area contributed by atoms with Crippen LogP contribution in [0.2, 0.25) is 0 Å². The minimum absolute atomic E-state index is 0.0455. The molecule has 0 atom stereocenters. The Morgan fingerprint density at radius 2 is 1.46 bits per heavy atom. The van der Waals surface area contributed by atoms with Crippen molar-refractivity contribution in [3.05, 3.63) is 66.2 Å². The maximum atomic E-state index is 13.1. The van der Waals surface area contributed by atoms with E-state index in [-0.39, 0.29) is 18.4 Å². The summed E-state index contributed by atoms with van der Waals surface area (Å²) < 4.78 is 10.4. The topological polar surface area (TPSA) is 88.1 Å². The lowest BCUT2D eigenvalue weighted by Gasteiger charge is -2.36. The number of piperazine rings is 1. The van der Waals surface area contributed by atoms with Gasteiger partial charge in [0, 0.05) is 43.9 Å². The number of amides is 2. The number of carbonyl (C=O) groups is 2. The number of benzene rings is 2. The molecule has 3 aromatic rings. The molecule has 9 nitrogen and oxygen atoms in total. The summed E-state index contributed by atoms with van der Waals surface area (Å²) in [5.41, 5.74) is 2.30. The third-order valence-corrected chi connectivity index (χ3v) is 6.44. The number of ether oxygens (including phenoxy) is 2. The molecule has 0 saturated carbocycles. The van der Waals surface area contributed by atoms with Crippen LogP contribution in [-0.4, -0.2) is 85.3 Å². The Labute approximate surface area is 217 Å². The molecule has 1 aromatic heterocycles. The summed E-state index contributed by atoms with van der Waals surface area (Å²) in [5.74, 6) is 2.07. The average Bonchev–Trinajstić information content (AvgIpc) is 2.97. The number of anilines is 1. The predicted molar refractivity (Wildman–Crippen MR) is 142 cm³/mol. The van der Waals surface area contributed by atoms with Crippen LogP contribution in [-0.2, 0) is 4.79 Å². The van der Waals surface area contributed by atoms with Crippen molar-refractivity contribution in [2.24, 2.45) is 0 Å². The lowest BCUT2D eigenvalue weighted by Crippen LogP contribution is -2.52. The van der Waals surface area contributed by atoms with Crippen molar-refractivity contribution in [3.63, 3.8) is 0 Å². The Balaban J connectivity index is 1.32. The van der Waals surface area contributed by atoms with Gasteiger partial charge in [-0.1, -0.05) is 6.92 Å². The summed E-state index contributed by atoms with van der Waals surface area (Å²) in [6.07, 6.45) is 0.772. The first-order chi connectivity index (χ1) is 18.0. The number of carbonyl (C=O) groups excluding carboxylic acids is 2. The van der Waals surface area contributed by atoms with Gasteiger partial charge in [0.25, 0.3) is 5.91 Å². The Hall–Kier alpha value is -4.14. The smallest absolute Gasteiger partial charge is 0.254 e. The van der Waals surface area contributed by atoms with Crippen LogP contribution in [0.1, 0.15) is 23.7 Å². The first kappa shape index (κ1) is 25.9. The molecule has 2 amide bonds. The van der Waals surface area contributed by atoms with E-state index in [4.69, 9.17) is 9.47 Å². The molecule has 1 aliphatic heterocycles. The molecule has 0 aliphatic carbocycles. The number of nitrogens with zero attached hydrogens (tertiary/aromatic N) is 5. The van der Waals surface area contributed by atoms with Gasteiger partial charge >= 0.3 is 0 Å². The molecule has 2 aromatic carbocycles. The van der Waals surface area contributed by atoms with E-state index in [2.05, 4.69) is 15.1 Å². The van der Waals surface area contributed by atoms with Crippen LogP contribution < -0.4 is 14.4 Å². The van der Waals surface area contributed by atoms with Crippen LogP contribution >= 0.6 is 0 Å². The molecule has 1 saturated heterocycles. The molecule has 4 rings (SSSR count). The van der Waals surface area contributed by atoms with Gasteiger partial charge in [0.15, 0.2) is 5.82 Å². The lowest BCUT2D eigenvalue weighted by molar-refractivity contribution is -0.132. The molecular formula is C28H33N5O4. The highest BCUT2D eigenvalue weighted by Crippen LogP contribution is 2.22. The predicted octanol–water partition coefficient (Wildman–Crippen LogP) is 3.36. The van der Waals surface area contributed by atoms with Crippen molar-refractivity contribution in [3.8, 4) is 22.8 Å². The molecule has 1 aliphatic rings. The highest BCUT2D eigenvalue weighted by Gasteiger charge is 2.25. The van der Waals surface area contributed by atoms with Crippen LogP contribution in [0.5, 0.6) is 11.5 Å². The van der Waals surface area contributed by atoms with Gasteiger partial charge in [-0.25, -0.2) is 0 Å². The standard InChI is InChI=1S/C28H33N5O4/c1-4-15-33(28(35)22-7-11-24(37-3)12-8-22)20-27(34)32-18-16-31(17-19-32)26-14-13-25(29-30-26)21-5-9-23(36-2)10-6-21/h5-14H,4,15-20H2,1-3H3. The van der Waals surface area contributed by atoms with Gasteiger partial charge in [0.2, 0.25) is 5.91 Å². The number of methoxy groups -OCH3 is 2. The van der Waals surface area contributed by atoms with Crippen LogP contribution in [0.3, 0.4) is 0 Å². The van der Waals surface area contributed by atoms with Gasteiger partial charge in [-0.15, -0.1) is 10.2 Å². The molecule has 37 heavy (non-hydrogen) atoms. The van der Waals surface area contributed by atoms with E-state index in [1.807, 2.05) is 48.2 Å². The summed E-state index contributed by atoms with van der Waals surface area (Å²) in [4.78, 5) is 31.7. The fourth-order valence-electron chi connectivity index (χ4n) is 4.30. The Bertz CT molecular complexity index is 1170. The number of hydrogen-bond acceptors (Lipinski definition) is 7. The fourth-order valence-corrected chi connectivity index (χ4v) is 4.30. The fraction of sp³-hybridized carbons (Fsp3) is 0.357. The zero-order chi connectivity index (χ0) is 26.2. The molecular weight excluding hydrogens is 470 g/mol. The highest BCUT2D eigenvalue weighted by atomic mass is 16.5. The molecule has 0 N–H and O–H groups in total. The molecule has 0 spiro atoms. The molecule has 0 unspecified atom stereocenters. The van der Waals surface area contributed by atoms with Crippen LogP contribution in [0, 0.1) is 0 Å². The summed E-state index contributed by atoms with van der Waals surface area (Å²) in [5, 5.41) is 8.80. The van der Waals surface area contributed by atoms with Crippen molar-refractivity contribution < 1.29 is 19.1 Å². The van der Waals surface area contributed by atoms with Crippen LogP contribution in [0.25, 0.3) is 11.3 Å². The van der Waals surface area contributed by atoms with Crippen molar-refractivity contribution in [1.29, 1.82) is 0 Å². The van der Waals surface area contributed by atoms with E-state index < -0.39 is 0 Å². The van der Waals surface area contributed by atoms with Gasteiger partial charge in [-0.2, -0.15) is 0 Å². The van der Waals surface area contributed by atoms with E-state index in [0.717, 1.165) is 29.2 Å². The minimum Gasteiger partial charge on any atom is -0.497 e. The van der Waals surface area contributed by atoms with Gasteiger partial charge in [-0.3, -0.25) is 9.59 Å². The van der Waals surface area contributed by atoms with Crippen molar-refractivity contribution in [1.82, 2.24) is 20.0 Å². The van der Waals surface area contributed by atoms with E-state index in [1.165, 1.54) is 0 Å². The molecule has 2 heterocycles. The molecule has 0 radical (unpaired) electrons. The molecule has 0 bridgehead atoms.